The van der Waals surface area contributed by atoms with Crippen LogP contribution in [0.2, 0.25) is 0 Å². The molecule has 0 amide bonds. The predicted octanol–water partition coefficient (Wildman–Crippen LogP) is 3.29. The maximum Gasteiger partial charge on any atom is 0.0697 e. The summed E-state index contributed by atoms with van der Waals surface area (Å²) in [6, 6.07) is 0. The van der Waals surface area contributed by atoms with Gasteiger partial charge in [0.25, 0.3) is 0 Å². The molecule has 0 N–H and O–H groups in total. The molecular weight excluding hydrogens is 275 g/mol. The Balaban J connectivity index is 2.40. The number of ether oxygens (including phenoxy) is 1. The molecule has 1 heterocycles. The second-order valence-corrected chi connectivity index (χ2v) is 4.20. The zero-order valence-electron chi connectivity index (χ0n) is 8.03. The first kappa shape index (κ1) is 11.1. The molecule has 0 aromatic rings. The van der Waals surface area contributed by atoms with Gasteiger partial charge in [-0.1, -0.05) is 25.2 Å². The normalized spacial score (nSPS) is 19.5. The van der Waals surface area contributed by atoms with Crippen LogP contribution in [0, 0.1) is 11.8 Å². The molecule has 0 aromatic carbocycles. The Labute approximate surface area is 94.1 Å². The molecule has 0 aliphatic carbocycles. The Morgan fingerprint density at radius 1 is 1.62 bits per heavy atom. The first-order chi connectivity index (χ1) is 6.34. The SMILES string of the molecule is CCCCC#C/C(I)=C1\CCOC1. The molecule has 0 atom stereocenters. The molecule has 72 valence electrons. The van der Waals surface area contributed by atoms with Gasteiger partial charge in [0, 0.05) is 6.42 Å². The van der Waals surface area contributed by atoms with E-state index >= 15 is 0 Å². The third kappa shape index (κ3) is 4.15. The van der Waals surface area contributed by atoms with Crippen molar-refractivity contribution >= 4 is 22.6 Å². The van der Waals surface area contributed by atoms with Gasteiger partial charge in [-0.2, -0.15) is 0 Å². The molecule has 1 saturated heterocycles. The van der Waals surface area contributed by atoms with Gasteiger partial charge >= 0.3 is 0 Å². The quantitative estimate of drug-likeness (QED) is 0.431. The van der Waals surface area contributed by atoms with Crippen molar-refractivity contribution in [1.29, 1.82) is 0 Å². The largest absolute Gasteiger partial charge is 0.377 e. The van der Waals surface area contributed by atoms with E-state index in [0.29, 0.717) is 0 Å². The third-order valence-electron chi connectivity index (χ3n) is 1.99. The second-order valence-electron chi connectivity index (χ2n) is 3.13. The molecule has 0 bridgehead atoms. The van der Waals surface area contributed by atoms with Gasteiger partial charge in [-0.3, -0.25) is 0 Å². The highest BCUT2D eigenvalue weighted by Gasteiger charge is 2.09. The van der Waals surface area contributed by atoms with Gasteiger partial charge in [-0.05, 0) is 41.0 Å². The number of rotatable bonds is 2. The molecule has 13 heavy (non-hydrogen) atoms. The molecule has 0 saturated carbocycles. The van der Waals surface area contributed by atoms with E-state index < -0.39 is 0 Å². The van der Waals surface area contributed by atoms with E-state index in [-0.39, 0.29) is 0 Å². The summed E-state index contributed by atoms with van der Waals surface area (Å²) < 4.78 is 6.48. The van der Waals surface area contributed by atoms with Crippen molar-refractivity contribution in [2.75, 3.05) is 13.2 Å². The summed E-state index contributed by atoms with van der Waals surface area (Å²) in [5.74, 6) is 6.39. The van der Waals surface area contributed by atoms with E-state index in [4.69, 9.17) is 4.74 Å². The summed E-state index contributed by atoms with van der Waals surface area (Å²) in [5, 5.41) is 0. The van der Waals surface area contributed by atoms with Crippen LogP contribution in [-0.2, 0) is 4.74 Å². The first-order valence-electron chi connectivity index (χ1n) is 4.78. The number of halogens is 1. The highest BCUT2D eigenvalue weighted by Crippen LogP contribution is 2.20. The lowest BCUT2D eigenvalue weighted by molar-refractivity contribution is 0.204. The fraction of sp³-hybridized carbons (Fsp3) is 0.636. The first-order valence-corrected chi connectivity index (χ1v) is 5.86. The van der Waals surface area contributed by atoms with Gasteiger partial charge in [0.05, 0.1) is 16.8 Å². The number of hydrogen-bond donors (Lipinski definition) is 0. The molecule has 0 radical (unpaired) electrons. The zero-order chi connectivity index (χ0) is 9.52. The topological polar surface area (TPSA) is 9.23 Å². The molecule has 1 nitrogen and oxygen atoms in total. The van der Waals surface area contributed by atoms with E-state index in [1.165, 1.54) is 22.0 Å². The van der Waals surface area contributed by atoms with Crippen molar-refractivity contribution in [3.05, 3.63) is 9.15 Å². The lowest BCUT2D eigenvalue weighted by Gasteiger charge is -1.92. The fourth-order valence-electron chi connectivity index (χ4n) is 1.13. The van der Waals surface area contributed by atoms with E-state index in [1.807, 2.05) is 0 Å². The second kappa shape index (κ2) is 6.44. The van der Waals surface area contributed by atoms with Crippen LogP contribution in [0.25, 0.3) is 0 Å². The lowest BCUT2D eigenvalue weighted by Crippen LogP contribution is -1.83. The van der Waals surface area contributed by atoms with Gasteiger partial charge in [-0.15, -0.1) is 0 Å². The van der Waals surface area contributed by atoms with Crippen LogP contribution >= 0.6 is 22.6 Å². The summed E-state index contributed by atoms with van der Waals surface area (Å²) >= 11 is 2.32. The minimum atomic E-state index is 0.792. The number of hydrogen-bond acceptors (Lipinski definition) is 1. The Morgan fingerprint density at radius 3 is 3.08 bits per heavy atom. The van der Waals surface area contributed by atoms with Crippen LogP contribution in [0.4, 0.5) is 0 Å². The van der Waals surface area contributed by atoms with Crippen LogP contribution < -0.4 is 0 Å². The molecule has 0 spiro atoms. The lowest BCUT2D eigenvalue weighted by atomic mass is 10.2. The Kier molecular flexibility index (Phi) is 5.49. The van der Waals surface area contributed by atoms with E-state index in [2.05, 4.69) is 41.4 Å². The summed E-state index contributed by atoms with van der Waals surface area (Å²) in [6.07, 6.45) is 4.53. The fourth-order valence-corrected chi connectivity index (χ4v) is 1.75. The summed E-state index contributed by atoms with van der Waals surface area (Å²) in [4.78, 5) is 0. The molecule has 1 rings (SSSR count). The molecule has 2 heteroatoms. The van der Waals surface area contributed by atoms with Crippen LogP contribution in [-0.4, -0.2) is 13.2 Å². The number of allylic oxidation sites excluding steroid dienone is 1. The summed E-state index contributed by atoms with van der Waals surface area (Å²) in [5.41, 5.74) is 1.38. The van der Waals surface area contributed by atoms with Crippen LogP contribution in [0.15, 0.2) is 9.15 Å². The van der Waals surface area contributed by atoms with Crippen molar-refractivity contribution in [3.63, 3.8) is 0 Å². The molecule has 0 aromatic heterocycles. The number of unbranched alkanes of at least 4 members (excludes halogenated alkanes) is 2. The Hall–Kier alpha value is -0.0100. The zero-order valence-corrected chi connectivity index (χ0v) is 10.2. The van der Waals surface area contributed by atoms with E-state index in [0.717, 1.165) is 26.1 Å². The highest BCUT2D eigenvalue weighted by atomic mass is 127. The molecule has 1 aliphatic rings. The molecular formula is C11H15IO. The highest BCUT2D eigenvalue weighted by molar-refractivity contribution is 14.1. The molecule has 1 fully saturated rings. The van der Waals surface area contributed by atoms with Gasteiger partial charge < -0.3 is 4.74 Å². The average Bonchev–Trinajstić information content (AvgIpc) is 2.65. The average molecular weight is 290 g/mol. The monoisotopic (exact) mass is 290 g/mol. The van der Waals surface area contributed by atoms with Gasteiger partial charge in [-0.25, -0.2) is 0 Å². The van der Waals surface area contributed by atoms with Gasteiger partial charge in [0.1, 0.15) is 0 Å². The standard InChI is InChI=1S/C11H15IO/c1-2-3-4-5-6-11(12)10-7-8-13-9-10/h2-4,7-9H2,1H3/b11-10-. The smallest absolute Gasteiger partial charge is 0.0697 e. The van der Waals surface area contributed by atoms with Crippen molar-refractivity contribution in [2.24, 2.45) is 0 Å². The third-order valence-corrected chi connectivity index (χ3v) is 3.02. The predicted molar refractivity (Wildman–Crippen MR) is 63.8 cm³/mol. The van der Waals surface area contributed by atoms with E-state index in [1.54, 1.807) is 0 Å². The summed E-state index contributed by atoms with van der Waals surface area (Å²) in [7, 11) is 0. The maximum atomic E-state index is 5.28. The van der Waals surface area contributed by atoms with Gasteiger partial charge in [0.15, 0.2) is 0 Å². The minimum Gasteiger partial charge on any atom is -0.377 e. The maximum absolute atomic E-state index is 5.28. The molecule has 1 aliphatic heterocycles. The van der Waals surface area contributed by atoms with E-state index in [9.17, 15) is 0 Å². The van der Waals surface area contributed by atoms with Crippen molar-refractivity contribution in [2.45, 2.75) is 32.6 Å². The van der Waals surface area contributed by atoms with Crippen LogP contribution in [0.5, 0.6) is 0 Å². The molecule has 0 unspecified atom stereocenters. The van der Waals surface area contributed by atoms with Crippen LogP contribution in [0.3, 0.4) is 0 Å². The van der Waals surface area contributed by atoms with Gasteiger partial charge in [0.2, 0.25) is 0 Å². The Bertz CT molecular complexity index is 237. The minimum absolute atomic E-state index is 0.792. The van der Waals surface area contributed by atoms with Crippen LogP contribution in [0.1, 0.15) is 32.6 Å². The van der Waals surface area contributed by atoms with Crippen molar-refractivity contribution in [1.82, 2.24) is 0 Å². The Morgan fingerprint density at radius 2 is 2.46 bits per heavy atom. The van der Waals surface area contributed by atoms with Crippen molar-refractivity contribution in [3.8, 4) is 11.8 Å². The summed E-state index contributed by atoms with van der Waals surface area (Å²) in [6.45, 7) is 3.86. The van der Waals surface area contributed by atoms with Crippen molar-refractivity contribution < 1.29 is 4.74 Å².